The van der Waals surface area contributed by atoms with E-state index >= 15 is 0 Å². The van der Waals surface area contributed by atoms with Crippen molar-refractivity contribution in [1.82, 2.24) is 19.8 Å². The molecule has 0 radical (unpaired) electrons. The molecular formula is C24H24ClFN4O2. The van der Waals surface area contributed by atoms with Gasteiger partial charge in [-0.15, -0.1) is 0 Å². The first kappa shape index (κ1) is 22.0. The first-order chi connectivity index (χ1) is 15.4. The monoisotopic (exact) mass is 454 g/mol. The van der Waals surface area contributed by atoms with E-state index in [1.807, 2.05) is 7.05 Å². The smallest absolute Gasteiger partial charge is 0.253 e. The van der Waals surface area contributed by atoms with Crippen molar-refractivity contribution in [3.8, 4) is 0 Å². The fourth-order valence-electron chi connectivity index (χ4n) is 4.03. The van der Waals surface area contributed by atoms with Crippen LogP contribution in [0.1, 0.15) is 40.6 Å². The number of hydrogen-bond donors (Lipinski definition) is 1. The van der Waals surface area contributed by atoms with E-state index in [2.05, 4.69) is 10.3 Å². The molecule has 3 aromatic rings. The minimum atomic E-state index is -0.697. The van der Waals surface area contributed by atoms with Crippen molar-refractivity contribution in [1.29, 1.82) is 0 Å². The van der Waals surface area contributed by atoms with Gasteiger partial charge in [-0.25, -0.2) is 9.37 Å². The summed E-state index contributed by atoms with van der Waals surface area (Å²) in [4.78, 5) is 31.9. The molecule has 166 valence electrons. The lowest BCUT2D eigenvalue weighted by Gasteiger charge is -2.32. The largest absolute Gasteiger partial charge is 0.342 e. The Balaban J connectivity index is 1.44. The van der Waals surface area contributed by atoms with Crippen LogP contribution in [-0.4, -0.2) is 39.4 Å². The Bertz CT molecular complexity index is 1110. The summed E-state index contributed by atoms with van der Waals surface area (Å²) in [6, 6.07) is 12.5. The number of benzene rings is 2. The fraction of sp³-hybridized carbons (Fsp3) is 0.292. The second-order valence-corrected chi connectivity index (χ2v) is 8.37. The lowest BCUT2D eigenvalue weighted by atomic mass is 9.94. The van der Waals surface area contributed by atoms with Crippen LogP contribution in [0.5, 0.6) is 0 Å². The molecule has 1 unspecified atom stereocenters. The van der Waals surface area contributed by atoms with Crippen LogP contribution in [0.4, 0.5) is 4.39 Å². The van der Waals surface area contributed by atoms with E-state index in [0.717, 1.165) is 0 Å². The summed E-state index contributed by atoms with van der Waals surface area (Å²) >= 11 is 5.90. The third-order valence-electron chi connectivity index (χ3n) is 5.86. The van der Waals surface area contributed by atoms with Crippen LogP contribution in [0.15, 0.2) is 60.9 Å². The van der Waals surface area contributed by atoms with Gasteiger partial charge in [0.05, 0.1) is 0 Å². The van der Waals surface area contributed by atoms with Gasteiger partial charge >= 0.3 is 0 Å². The van der Waals surface area contributed by atoms with Crippen LogP contribution in [0.3, 0.4) is 0 Å². The molecule has 2 amide bonds. The van der Waals surface area contributed by atoms with E-state index in [-0.39, 0.29) is 17.7 Å². The van der Waals surface area contributed by atoms with Crippen molar-refractivity contribution in [3.63, 3.8) is 0 Å². The van der Waals surface area contributed by atoms with Crippen LogP contribution in [0.25, 0.3) is 0 Å². The number of hydrogen-bond acceptors (Lipinski definition) is 3. The molecule has 1 aliphatic rings. The van der Waals surface area contributed by atoms with Gasteiger partial charge in [0, 0.05) is 54.6 Å². The van der Waals surface area contributed by atoms with Gasteiger partial charge in [0.15, 0.2) is 0 Å². The van der Waals surface area contributed by atoms with Crippen LogP contribution in [0.2, 0.25) is 5.02 Å². The van der Waals surface area contributed by atoms with Crippen molar-refractivity contribution in [3.05, 3.63) is 88.7 Å². The number of likely N-dealkylation sites (tertiary alicyclic amines) is 1. The highest BCUT2D eigenvalue weighted by atomic mass is 35.5. The van der Waals surface area contributed by atoms with Crippen molar-refractivity contribution < 1.29 is 14.0 Å². The lowest BCUT2D eigenvalue weighted by Crippen LogP contribution is -2.44. The van der Waals surface area contributed by atoms with Gasteiger partial charge in [0.2, 0.25) is 5.91 Å². The molecule has 1 aromatic heterocycles. The topological polar surface area (TPSA) is 67.2 Å². The number of piperidine rings is 1. The second-order valence-electron chi connectivity index (χ2n) is 7.93. The SMILES string of the molecule is Cn1ccnc1C(NC(=O)C1CCN(C(=O)c2ccc(Cl)cc2)CC1)c1ccccc1F. The summed E-state index contributed by atoms with van der Waals surface area (Å²) in [6.45, 7) is 0.957. The van der Waals surface area contributed by atoms with E-state index < -0.39 is 11.9 Å². The van der Waals surface area contributed by atoms with Crippen LogP contribution in [-0.2, 0) is 11.8 Å². The number of rotatable bonds is 5. The standard InChI is InChI=1S/C24H24ClFN4O2/c1-29-15-12-27-22(29)21(19-4-2-3-5-20(19)26)28-23(31)16-10-13-30(14-11-16)24(32)17-6-8-18(25)9-7-17/h2-9,12,15-16,21H,10-11,13-14H2,1H3,(H,28,31). The number of nitrogens with zero attached hydrogens (tertiary/aromatic N) is 3. The lowest BCUT2D eigenvalue weighted by molar-refractivity contribution is -0.126. The highest BCUT2D eigenvalue weighted by Gasteiger charge is 2.31. The number of halogens is 2. The Kier molecular flexibility index (Phi) is 6.55. The maximum Gasteiger partial charge on any atom is 0.253 e. The molecule has 2 aromatic carbocycles. The molecule has 1 saturated heterocycles. The minimum Gasteiger partial charge on any atom is -0.342 e. The number of imidazole rings is 1. The molecule has 0 bridgehead atoms. The van der Waals surface area contributed by atoms with E-state index in [0.29, 0.717) is 47.9 Å². The fourth-order valence-corrected chi connectivity index (χ4v) is 4.15. The first-order valence-corrected chi connectivity index (χ1v) is 10.9. The third kappa shape index (κ3) is 4.67. The number of carbonyl (C=O) groups excluding carboxylic acids is 2. The Labute approximate surface area is 191 Å². The molecule has 0 saturated carbocycles. The van der Waals surface area contributed by atoms with Gasteiger partial charge < -0.3 is 14.8 Å². The zero-order chi connectivity index (χ0) is 22.7. The highest BCUT2D eigenvalue weighted by Crippen LogP contribution is 2.26. The Morgan fingerprint density at radius 1 is 1.12 bits per heavy atom. The zero-order valence-electron chi connectivity index (χ0n) is 17.7. The second kappa shape index (κ2) is 9.53. The van der Waals surface area contributed by atoms with Gasteiger partial charge in [0.25, 0.3) is 5.91 Å². The quantitative estimate of drug-likeness (QED) is 0.634. The van der Waals surface area contributed by atoms with Crippen molar-refractivity contribution in [2.75, 3.05) is 13.1 Å². The average molecular weight is 455 g/mol. The molecule has 0 aliphatic carbocycles. The molecule has 8 heteroatoms. The molecule has 1 N–H and O–H groups in total. The maximum absolute atomic E-state index is 14.5. The number of nitrogens with one attached hydrogen (secondary N) is 1. The van der Waals surface area contributed by atoms with E-state index in [1.165, 1.54) is 6.07 Å². The molecule has 6 nitrogen and oxygen atoms in total. The van der Waals surface area contributed by atoms with E-state index in [9.17, 15) is 14.0 Å². The summed E-state index contributed by atoms with van der Waals surface area (Å²) < 4.78 is 16.3. The summed E-state index contributed by atoms with van der Waals surface area (Å²) in [5.41, 5.74) is 0.942. The van der Waals surface area contributed by atoms with Gasteiger partial charge in [-0.3, -0.25) is 9.59 Å². The van der Waals surface area contributed by atoms with Crippen molar-refractivity contribution in [2.24, 2.45) is 13.0 Å². The summed E-state index contributed by atoms with van der Waals surface area (Å²) in [5, 5.41) is 3.57. The van der Waals surface area contributed by atoms with Crippen LogP contribution in [0, 0.1) is 11.7 Å². The Morgan fingerprint density at radius 3 is 2.44 bits per heavy atom. The molecule has 4 rings (SSSR count). The van der Waals surface area contributed by atoms with Crippen molar-refractivity contribution in [2.45, 2.75) is 18.9 Å². The van der Waals surface area contributed by atoms with Gasteiger partial charge in [-0.05, 0) is 43.2 Å². The van der Waals surface area contributed by atoms with E-state index in [4.69, 9.17) is 11.6 Å². The summed E-state index contributed by atoms with van der Waals surface area (Å²) in [6.07, 6.45) is 4.46. The summed E-state index contributed by atoms with van der Waals surface area (Å²) in [5.74, 6) is -0.348. The number of aryl methyl sites for hydroxylation is 1. The molecule has 1 aliphatic heterocycles. The summed E-state index contributed by atoms with van der Waals surface area (Å²) in [7, 11) is 1.81. The molecule has 32 heavy (non-hydrogen) atoms. The number of aromatic nitrogens is 2. The molecule has 1 atom stereocenters. The predicted octanol–water partition coefficient (Wildman–Crippen LogP) is 3.97. The average Bonchev–Trinajstić information content (AvgIpc) is 3.23. The number of carbonyl (C=O) groups is 2. The van der Waals surface area contributed by atoms with Crippen LogP contribution >= 0.6 is 11.6 Å². The zero-order valence-corrected chi connectivity index (χ0v) is 18.4. The minimum absolute atomic E-state index is 0.0715. The predicted molar refractivity (Wildman–Crippen MR) is 120 cm³/mol. The third-order valence-corrected chi connectivity index (χ3v) is 6.12. The van der Waals surface area contributed by atoms with E-state index in [1.54, 1.807) is 64.3 Å². The van der Waals surface area contributed by atoms with Crippen molar-refractivity contribution >= 4 is 23.4 Å². The van der Waals surface area contributed by atoms with Gasteiger partial charge in [-0.1, -0.05) is 29.8 Å². The maximum atomic E-state index is 14.5. The molecule has 0 spiro atoms. The molecule has 1 fully saturated rings. The first-order valence-electron chi connectivity index (χ1n) is 10.5. The highest BCUT2D eigenvalue weighted by molar-refractivity contribution is 6.30. The molecular weight excluding hydrogens is 431 g/mol. The van der Waals surface area contributed by atoms with Gasteiger partial charge in [0.1, 0.15) is 17.7 Å². The van der Waals surface area contributed by atoms with Gasteiger partial charge in [-0.2, -0.15) is 0 Å². The Hall–Kier alpha value is -3.19. The number of amides is 2. The normalized spacial score (nSPS) is 15.4. The Morgan fingerprint density at radius 2 is 1.81 bits per heavy atom. The molecule has 2 heterocycles. The van der Waals surface area contributed by atoms with Crippen LogP contribution < -0.4 is 5.32 Å².